The summed E-state index contributed by atoms with van der Waals surface area (Å²) in [6, 6.07) is 10.8. The van der Waals surface area contributed by atoms with Gasteiger partial charge in [-0.05, 0) is 66.7 Å². The lowest BCUT2D eigenvalue weighted by atomic mass is 10.1. The van der Waals surface area contributed by atoms with Gasteiger partial charge in [-0.1, -0.05) is 6.07 Å². The second-order valence-electron chi connectivity index (χ2n) is 4.29. The summed E-state index contributed by atoms with van der Waals surface area (Å²) < 4.78 is 6.55. The van der Waals surface area contributed by atoms with Crippen molar-refractivity contribution in [1.29, 1.82) is 0 Å². The van der Waals surface area contributed by atoms with Gasteiger partial charge in [0.05, 0.1) is 17.1 Å². The number of nitrogens with one attached hydrogen (secondary N) is 1. The van der Waals surface area contributed by atoms with E-state index in [1.165, 1.54) is 15.3 Å². The first-order chi connectivity index (χ1) is 9.15. The Bertz CT molecular complexity index is 553. The van der Waals surface area contributed by atoms with Crippen LogP contribution in [-0.4, -0.2) is 13.7 Å². The Hall–Kier alpha value is -0.840. The fourth-order valence-electron chi connectivity index (χ4n) is 2.05. The fourth-order valence-corrected chi connectivity index (χ4v) is 3.58. The third kappa shape index (κ3) is 3.38. The molecule has 102 valence electrons. The first-order valence-corrected chi connectivity index (χ1v) is 7.92. The van der Waals surface area contributed by atoms with Gasteiger partial charge in [0, 0.05) is 9.75 Å². The molecule has 0 radical (unpaired) electrons. The molecule has 0 saturated carbocycles. The third-order valence-electron chi connectivity index (χ3n) is 2.92. The molecule has 2 nitrogen and oxygen atoms in total. The second-order valence-corrected chi connectivity index (χ2v) is 6.47. The predicted molar refractivity (Wildman–Crippen MR) is 85.3 cm³/mol. The van der Waals surface area contributed by atoms with E-state index in [2.05, 4.69) is 52.4 Å². The van der Waals surface area contributed by atoms with Gasteiger partial charge in [-0.25, -0.2) is 0 Å². The molecule has 0 aliphatic carbocycles. The zero-order chi connectivity index (χ0) is 13.8. The van der Waals surface area contributed by atoms with Crippen molar-refractivity contribution in [3.63, 3.8) is 0 Å². The van der Waals surface area contributed by atoms with Gasteiger partial charge in [0.1, 0.15) is 5.75 Å². The average Bonchev–Trinajstić information content (AvgIpc) is 2.80. The van der Waals surface area contributed by atoms with E-state index >= 15 is 0 Å². The highest BCUT2D eigenvalue weighted by atomic mass is 79.9. The molecule has 19 heavy (non-hydrogen) atoms. The molecule has 1 unspecified atom stereocenters. The van der Waals surface area contributed by atoms with E-state index in [0.717, 1.165) is 10.2 Å². The van der Waals surface area contributed by atoms with Crippen LogP contribution in [0.4, 0.5) is 0 Å². The van der Waals surface area contributed by atoms with Crippen molar-refractivity contribution in [1.82, 2.24) is 5.32 Å². The van der Waals surface area contributed by atoms with Crippen LogP contribution in [-0.2, 0) is 0 Å². The van der Waals surface area contributed by atoms with E-state index in [0.29, 0.717) is 6.61 Å². The SMILES string of the molecule is CCOc1ccc(C(NC)c2ccc(C)s2)cc1Br. The van der Waals surface area contributed by atoms with Crippen molar-refractivity contribution in [2.75, 3.05) is 13.7 Å². The molecule has 0 spiro atoms. The Kier molecular flexibility index (Phi) is 5.02. The smallest absolute Gasteiger partial charge is 0.133 e. The molecule has 0 aliphatic heterocycles. The van der Waals surface area contributed by atoms with Crippen LogP contribution in [0.2, 0.25) is 0 Å². The maximum Gasteiger partial charge on any atom is 0.133 e. The number of hydrogen-bond donors (Lipinski definition) is 1. The largest absolute Gasteiger partial charge is 0.493 e. The summed E-state index contributed by atoms with van der Waals surface area (Å²) in [5.41, 5.74) is 1.24. The number of ether oxygens (including phenoxy) is 1. The standard InChI is InChI=1S/C15H18BrNOS/c1-4-18-13-7-6-11(9-12(13)16)15(17-3)14-8-5-10(2)19-14/h5-9,15,17H,4H2,1-3H3. The lowest BCUT2D eigenvalue weighted by molar-refractivity contribution is 0.338. The van der Waals surface area contributed by atoms with E-state index in [1.54, 1.807) is 0 Å². The number of aryl methyl sites for hydroxylation is 1. The summed E-state index contributed by atoms with van der Waals surface area (Å²) >= 11 is 5.40. The van der Waals surface area contributed by atoms with Crippen LogP contribution in [0.3, 0.4) is 0 Å². The van der Waals surface area contributed by atoms with Crippen LogP contribution in [0, 0.1) is 6.92 Å². The van der Waals surface area contributed by atoms with Crippen LogP contribution in [0.5, 0.6) is 5.75 Å². The average molecular weight is 340 g/mol. The first kappa shape index (κ1) is 14.6. The first-order valence-electron chi connectivity index (χ1n) is 6.31. The summed E-state index contributed by atoms with van der Waals surface area (Å²) in [5.74, 6) is 0.892. The van der Waals surface area contributed by atoms with Gasteiger partial charge in [0.15, 0.2) is 0 Å². The lowest BCUT2D eigenvalue weighted by Crippen LogP contribution is -2.16. The number of rotatable bonds is 5. The van der Waals surface area contributed by atoms with Gasteiger partial charge in [0.2, 0.25) is 0 Å². The van der Waals surface area contributed by atoms with E-state index in [-0.39, 0.29) is 6.04 Å². The Labute approximate surface area is 126 Å². The maximum atomic E-state index is 5.55. The highest BCUT2D eigenvalue weighted by molar-refractivity contribution is 9.10. The van der Waals surface area contributed by atoms with Crippen molar-refractivity contribution in [3.8, 4) is 5.75 Å². The van der Waals surface area contributed by atoms with E-state index in [1.807, 2.05) is 31.4 Å². The van der Waals surface area contributed by atoms with E-state index in [9.17, 15) is 0 Å². The molecule has 2 rings (SSSR count). The van der Waals surface area contributed by atoms with Crippen molar-refractivity contribution in [3.05, 3.63) is 50.1 Å². The summed E-state index contributed by atoms with van der Waals surface area (Å²) in [7, 11) is 1.99. The zero-order valence-electron chi connectivity index (χ0n) is 11.4. The minimum absolute atomic E-state index is 0.227. The summed E-state index contributed by atoms with van der Waals surface area (Å²) in [4.78, 5) is 2.66. The summed E-state index contributed by atoms with van der Waals surface area (Å²) in [6.07, 6.45) is 0. The fraction of sp³-hybridized carbons (Fsp3) is 0.333. The molecule has 0 saturated heterocycles. The van der Waals surface area contributed by atoms with Gasteiger partial charge in [-0.3, -0.25) is 0 Å². The number of halogens is 1. The van der Waals surface area contributed by atoms with Crippen molar-refractivity contribution < 1.29 is 4.74 Å². The molecular weight excluding hydrogens is 322 g/mol. The number of hydrogen-bond acceptors (Lipinski definition) is 3. The van der Waals surface area contributed by atoms with Gasteiger partial charge in [-0.2, -0.15) is 0 Å². The second kappa shape index (κ2) is 6.55. The zero-order valence-corrected chi connectivity index (χ0v) is 13.8. The Morgan fingerprint density at radius 2 is 2.11 bits per heavy atom. The Balaban J connectivity index is 2.31. The normalized spacial score (nSPS) is 12.4. The Morgan fingerprint density at radius 1 is 1.32 bits per heavy atom. The predicted octanol–water partition coefficient (Wildman–Crippen LogP) is 4.53. The van der Waals surface area contributed by atoms with Gasteiger partial charge >= 0.3 is 0 Å². The van der Waals surface area contributed by atoms with Crippen molar-refractivity contribution in [2.24, 2.45) is 0 Å². The Morgan fingerprint density at radius 3 is 2.63 bits per heavy atom. The highest BCUT2D eigenvalue weighted by Gasteiger charge is 2.15. The molecular formula is C15H18BrNOS. The van der Waals surface area contributed by atoms with E-state index < -0.39 is 0 Å². The van der Waals surface area contributed by atoms with Crippen molar-refractivity contribution in [2.45, 2.75) is 19.9 Å². The molecule has 0 aliphatic rings. The maximum absolute atomic E-state index is 5.55. The van der Waals surface area contributed by atoms with Gasteiger partial charge in [-0.15, -0.1) is 11.3 Å². The summed E-state index contributed by atoms with van der Waals surface area (Å²) in [6.45, 7) is 4.80. The minimum Gasteiger partial charge on any atom is -0.493 e. The van der Waals surface area contributed by atoms with Gasteiger partial charge in [0.25, 0.3) is 0 Å². The molecule has 0 amide bonds. The van der Waals surface area contributed by atoms with Crippen molar-refractivity contribution >= 4 is 27.3 Å². The number of benzene rings is 1. The van der Waals surface area contributed by atoms with E-state index in [4.69, 9.17) is 4.74 Å². The molecule has 1 N–H and O–H groups in total. The summed E-state index contributed by atoms with van der Waals surface area (Å²) in [5, 5.41) is 3.38. The molecule has 0 bridgehead atoms. The molecule has 2 aromatic rings. The monoisotopic (exact) mass is 339 g/mol. The van der Waals surface area contributed by atoms with Crippen LogP contribution in [0.15, 0.2) is 34.8 Å². The molecule has 1 aromatic heterocycles. The lowest BCUT2D eigenvalue weighted by Gasteiger charge is -2.16. The molecule has 1 atom stereocenters. The van der Waals surface area contributed by atoms with Crippen LogP contribution in [0.25, 0.3) is 0 Å². The minimum atomic E-state index is 0.227. The van der Waals surface area contributed by atoms with Crippen LogP contribution >= 0.6 is 27.3 Å². The highest BCUT2D eigenvalue weighted by Crippen LogP contribution is 2.33. The molecule has 1 heterocycles. The van der Waals surface area contributed by atoms with Crippen LogP contribution in [0.1, 0.15) is 28.3 Å². The number of thiophene rings is 1. The topological polar surface area (TPSA) is 21.3 Å². The van der Waals surface area contributed by atoms with Crippen LogP contribution < -0.4 is 10.1 Å². The van der Waals surface area contributed by atoms with Gasteiger partial charge < -0.3 is 10.1 Å². The molecule has 1 aromatic carbocycles. The quantitative estimate of drug-likeness (QED) is 0.864. The molecule has 4 heteroatoms. The third-order valence-corrected chi connectivity index (χ3v) is 4.61. The molecule has 0 fully saturated rings.